The van der Waals surface area contributed by atoms with Crippen LogP contribution < -0.4 is 10.6 Å². The highest BCUT2D eigenvalue weighted by Crippen LogP contribution is 2.30. The van der Waals surface area contributed by atoms with Gasteiger partial charge in [-0.2, -0.15) is 0 Å². The second kappa shape index (κ2) is 8.59. The van der Waals surface area contributed by atoms with E-state index in [4.69, 9.17) is 11.6 Å². The van der Waals surface area contributed by atoms with E-state index in [0.717, 1.165) is 16.0 Å². The maximum atomic E-state index is 12.7. The molecule has 0 unspecified atom stereocenters. The molecule has 0 aliphatic rings. The molecule has 3 rings (SSSR count). The predicted molar refractivity (Wildman–Crippen MR) is 116 cm³/mol. The third-order valence-corrected chi connectivity index (χ3v) is 5.51. The Morgan fingerprint density at radius 1 is 0.964 bits per heavy atom. The van der Waals surface area contributed by atoms with Gasteiger partial charge in [-0.25, -0.2) is 0 Å². The van der Waals surface area contributed by atoms with Gasteiger partial charge in [0.15, 0.2) is 0 Å². The van der Waals surface area contributed by atoms with Gasteiger partial charge in [0, 0.05) is 27.2 Å². The number of thiophene rings is 1. The molecule has 0 spiro atoms. The third-order valence-electron chi connectivity index (χ3n) is 4.13. The molecule has 4 nitrogen and oxygen atoms in total. The Morgan fingerprint density at radius 2 is 1.68 bits per heavy atom. The average molecular weight is 413 g/mol. The van der Waals surface area contributed by atoms with Crippen LogP contribution in [0.3, 0.4) is 0 Å². The van der Waals surface area contributed by atoms with Crippen LogP contribution in [0.2, 0.25) is 5.02 Å². The Kier molecular flexibility index (Phi) is 6.17. The van der Waals surface area contributed by atoms with Crippen LogP contribution in [0.1, 0.15) is 39.4 Å². The molecule has 2 amide bonds. The number of halogens is 1. The van der Waals surface area contributed by atoms with Crippen molar-refractivity contribution in [1.29, 1.82) is 0 Å². The van der Waals surface area contributed by atoms with Gasteiger partial charge >= 0.3 is 0 Å². The summed E-state index contributed by atoms with van der Waals surface area (Å²) in [6.07, 6.45) is 0. The summed E-state index contributed by atoms with van der Waals surface area (Å²) in [5.41, 5.74) is 3.05. The number of benzene rings is 2. The van der Waals surface area contributed by atoms with Crippen LogP contribution in [0.15, 0.2) is 54.6 Å². The summed E-state index contributed by atoms with van der Waals surface area (Å²) in [6.45, 7) is 5.71. The van der Waals surface area contributed by atoms with Crippen molar-refractivity contribution in [2.24, 2.45) is 0 Å². The third kappa shape index (κ3) is 4.80. The summed E-state index contributed by atoms with van der Waals surface area (Å²) in [7, 11) is 0. The maximum Gasteiger partial charge on any atom is 0.265 e. The van der Waals surface area contributed by atoms with Crippen molar-refractivity contribution in [3.05, 3.63) is 75.6 Å². The first-order chi connectivity index (χ1) is 13.3. The predicted octanol–water partition coefficient (Wildman–Crippen LogP) is 5.77. The Hall–Kier alpha value is -2.63. The van der Waals surface area contributed by atoms with Crippen LogP contribution in [-0.4, -0.2) is 17.9 Å². The minimum absolute atomic E-state index is 0.0456. The fourth-order valence-electron chi connectivity index (χ4n) is 2.66. The molecule has 28 heavy (non-hydrogen) atoms. The van der Waals surface area contributed by atoms with Crippen molar-refractivity contribution in [3.8, 4) is 10.4 Å². The number of hydrogen-bond donors (Lipinski definition) is 2. The van der Waals surface area contributed by atoms with Gasteiger partial charge < -0.3 is 10.6 Å². The van der Waals surface area contributed by atoms with E-state index in [-0.39, 0.29) is 17.9 Å². The Morgan fingerprint density at radius 3 is 2.36 bits per heavy atom. The first kappa shape index (κ1) is 20.1. The van der Waals surface area contributed by atoms with Crippen LogP contribution >= 0.6 is 22.9 Å². The van der Waals surface area contributed by atoms with Crippen molar-refractivity contribution in [1.82, 2.24) is 5.32 Å². The normalized spacial score (nSPS) is 10.8. The lowest BCUT2D eigenvalue weighted by Gasteiger charge is -2.12. The molecular weight excluding hydrogens is 392 g/mol. The van der Waals surface area contributed by atoms with Gasteiger partial charge in [-0.1, -0.05) is 29.8 Å². The average Bonchev–Trinajstić information content (AvgIpc) is 3.13. The summed E-state index contributed by atoms with van der Waals surface area (Å²) >= 11 is 7.34. The summed E-state index contributed by atoms with van der Waals surface area (Å²) in [5.74, 6) is -0.360. The Balaban J connectivity index is 1.78. The molecule has 0 saturated carbocycles. The lowest BCUT2D eigenvalue weighted by molar-refractivity contribution is 0.0942. The van der Waals surface area contributed by atoms with Crippen LogP contribution in [0.25, 0.3) is 10.4 Å². The van der Waals surface area contributed by atoms with Gasteiger partial charge in [-0.05, 0) is 68.3 Å². The molecule has 0 aliphatic carbocycles. The van der Waals surface area contributed by atoms with Crippen molar-refractivity contribution < 1.29 is 9.59 Å². The number of rotatable bonds is 5. The second-order valence-corrected chi connectivity index (χ2v) is 8.30. The quantitative estimate of drug-likeness (QED) is 0.559. The minimum atomic E-state index is -0.199. The zero-order valence-corrected chi connectivity index (χ0v) is 17.4. The van der Waals surface area contributed by atoms with Gasteiger partial charge in [0.25, 0.3) is 11.8 Å². The molecular formula is C22H21ClN2O2S. The van der Waals surface area contributed by atoms with Crippen LogP contribution in [-0.2, 0) is 0 Å². The molecule has 0 saturated heterocycles. The highest BCUT2D eigenvalue weighted by molar-refractivity contribution is 7.17. The molecule has 0 bridgehead atoms. The number of carbonyl (C=O) groups excluding carboxylic acids is 2. The standard InChI is InChI=1S/C22H21ClN2O2S/c1-13(2)24-21(26)16-5-4-14(3)18(12-16)25-22(27)20-11-10-19(28-20)15-6-8-17(23)9-7-15/h4-13H,1-3H3,(H,24,26)(H,25,27). The fraction of sp³-hybridized carbons (Fsp3) is 0.182. The number of carbonyl (C=O) groups is 2. The first-order valence-corrected chi connectivity index (χ1v) is 10.1. The monoisotopic (exact) mass is 412 g/mol. The lowest BCUT2D eigenvalue weighted by atomic mass is 10.1. The summed E-state index contributed by atoms with van der Waals surface area (Å²) in [5, 5.41) is 6.45. The lowest BCUT2D eigenvalue weighted by Crippen LogP contribution is -2.30. The van der Waals surface area contributed by atoms with E-state index in [9.17, 15) is 9.59 Å². The summed E-state index contributed by atoms with van der Waals surface area (Å²) < 4.78 is 0. The van der Waals surface area contributed by atoms with Crippen molar-refractivity contribution in [3.63, 3.8) is 0 Å². The van der Waals surface area contributed by atoms with Crippen LogP contribution in [0, 0.1) is 6.92 Å². The fourth-order valence-corrected chi connectivity index (χ4v) is 3.69. The van der Waals surface area contributed by atoms with Gasteiger partial charge in [0.2, 0.25) is 0 Å². The molecule has 1 heterocycles. The molecule has 3 aromatic rings. The van der Waals surface area contributed by atoms with E-state index in [2.05, 4.69) is 10.6 Å². The van der Waals surface area contributed by atoms with Crippen molar-refractivity contribution >= 4 is 40.4 Å². The van der Waals surface area contributed by atoms with Gasteiger partial charge in [0.1, 0.15) is 0 Å². The minimum Gasteiger partial charge on any atom is -0.350 e. The second-order valence-electron chi connectivity index (χ2n) is 6.78. The highest BCUT2D eigenvalue weighted by atomic mass is 35.5. The zero-order valence-electron chi connectivity index (χ0n) is 15.9. The van der Waals surface area contributed by atoms with Gasteiger partial charge in [-0.15, -0.1) is 11.3 Å². The van der Waals surface area contributed by atoms with E-state index in [1.807, 2.05) is 57.2 Å². The van der Waals surface area contributed by atoms with Gasteiger partial charge in [0.05, 0.1) is 4.88 Å². The van der Waals surface area contributed by atoms with E-state index >= 15 is 0 Å². The zero-order chi connectivity index (χ0) is 20.3. The smallest absolute Gasteiger partial charge is 0.265 e. The Bertz CT molecular complexity index is 1010. The van der Waals surface area contributed by atoms with Crippen molar-refractivity contribution in [2.75, 3.05) is 5.32 Å². The molecule has 1 aromatic heterocycles. The largest absolute Gasteiger partial charge is 0.350 e. The van der Waals surface area contributed by atoms with Crippen LogP contribution in [0.4, 0.5) is 5.69 Å². The molecule has 0 aliphatic heterocycles. The number of hydrogen-bond acceptors (Lipinski definition) is 3. The van der Waals surface area contributed by atoms with E-state index in [1.54, 1.807) is 18.2 Å². The number of amides is 2. The highest BCUT2D eigenvalue weighted by Gasteiger charge is 2.14. The topological polar surface area (TPSA) is 58.2 Å². The molecule has 0 radical (unpaired) electrons. The number of anilines is 1. The van der Waals surface area contributed by atoms with Crippen LogP contribution in [0.5, 0.6) is 0 Å². The van der Waals surface area contributed by atoms with E-state index < -0.39 is 0 Å². The number of aryl methyl sites for hydroxylation is 1. The van der Waals surface area contributed by atoms with E-state index in [0.29, 0.717) is 21.2 Å². The number of nitrogens with one attached hydrogen (secondary N) is 2. The maximum absolute atomic E-state index is 12.7. The SMILES string of the molecule is Cc1ccc(C(=O)NC(C)C)cc1NC(=O)c1ccc(-c2ccc(Cl)cc2)s1. The van der Waals surface area contributed by atoms with E-state index in [1.165, 1.54) is 11.3 Å². The summed E-state index contributed by atoms with van der Waals surface area (Å²) in [4.78, 5) is 26.5. The first-order valence-electron chi connectivity index (χ1n) is 8.92. The molecule has 0 fully saturated rings. The van der Waals surface area contributed by atoms with Crippen molar-refractivity contribution in [2.45, 2.75) is 26.8 Å². The summed E-state index contributed by atoms with van der Waals surface area (Å²) in [6, 6.07) is 16.6. The molecule has 144 valence electrons. The molecule has 6 heteroatoms. The Labute approximate surface area is 173 Å². The molecule has 0 atom stereocenters. The van der Waals surface area contributed by atoms with Gasteiger partial charge in [-0.3, -0.25) is 9.59 Å². The molecule has 2 aromatic carbocycles. The molecule has 2 N–H and O–H groups in total.